The van der Waals surface area contributed by atoms with Crippen LogP contribution in [0.2, 0.25) is 0 Å². The molecule has 1 saturated carbocycles. The molecule has 1 fully saturated rings. The monoisotopic (exact) mass is 292 g/mol. The van der Waals surface area contributed by atoms with Crippen molar-refractivity contribution in [2.45, 2.75) is 45.1 Å². The van der Waals surface area contributed by atoms with E-state index in [0.717, 1.165) is 12.4 Å². The number of carbonyl (C=O) groups is 1. The molecule has 1 aliphatic rings. The minimum absolute atomic E-state index is 0.262. The Labute approximate surface area is 126 Å². The van der Waals surface area contributed by atoms with Gasteiger partial charge in [-0.2, -0.15) is 0 Å². The highest BCUT2D eigenvalue weighted by Gasteiger charge is 2.18. The van der Waals surface area contributed by atoms with E-state index in [9.17, 15) is 9.90 Å². The van der Waals surface area contributed by atoms with Crippen molar-refractivity contribution < 1.29 is 19.4 Å². The van der Waals surface area contributed by atoms with Gasteiger partial charge < -0.3 is 14.6 Å². The van der Waals surface area contributed by atoms with E-state index in [4.69, 9.17) is 9.47 Å². The van der Waals surface area contributed by atoms with Crippen LogP contribution in [0.15, 0.2) is 24.3 Å². The SMILES string of the molecule is CCOC(=O)C(O)c1ccc(OCC2CCCCC2)cc1. The molecule has 116 valence electrons. The van der Waals surface area contributed by atoms with Crippen molar-refractivity contribution in [3.63, 3.8) is 0 Å². The minimum atomic E-state index is -1.22. The number of aliphatic hydroxyl groups excluding tert-OH is 1. The highest BCUT2D eigenvalue weighted by atomic mass is 16.5. The predicted molar refractivity (Wildman–Crippen MR) is 80.1 cm³/mol. The van der Waals surface area contributed by atoms with Crippen molar-refractivity contribution in [3.8, 4) is 5.75 Å². The van der Waals surface area contributed by atoms with Crippen LogP contribution >= 0.6 is 0 Å². The number of rotatable bonds is 6. The average Bonchev–Trinajstić information content (AvgIpc) is 2.54. The number of ether oxygens (including phenoxy) is 2. The molecule has 1 unspecified atom stereocenters. The van der Waals surface area contributed by atoms with Crippen molar-refractivity contribution in [2.24, 2.45) is 5.92 Å². The van der Waals surface area contributed by atoms with Crippen LogP contribution in [0.3, 0.4) is 0 Å². The molecular weight excluding hydrogens is 268 g/mol. The van der Waals surface area contributed by atoms with E-state index in [1.165, 1.54) is 32.1 Å². The summed E-state index contributed by atoms with van der Waals surface area (Å²) in [7, 11) is 0. The first-order chi connectivity index (χ1) is 10.2. The number of aliphatic hydroxyl groups is 1. The fourth-order valence-corrected chi connectivity index (χ4v) is 2.67. The van der Waals surface area contributed by atoms with Crippen molar-refractivity contribution in [1.29, 1.82) is 0 Å². The van der Waals surface area contributed by atoms with Crippen LogP contribution in [-0.4, -0.2) is 24.3 Å². The van der Waals surface area contributed by atoms with Gasteiger partial charge in [-0.1, -0.05) is 31.4 Å². The Balaban J connectivity index is 1.84. The van der Waals surface area contributed by atoms with Crippen LogP contribution in [0.1, 0.15) is 50.7 Å². The lowest BCUT2D eigenvalue weighted by Crippen LogP contribution is -2.16. The Kier molecular flexibility index (Phi) is 6.05. The molecule has 1 atom stereocenters. The van der Waals surface area contributed by atoms with Gasteiger partial charge >= 0.3 is 5.97 Å². The molecule has 0 aliphatic heterocycles. The molecule has 1 aromatic carbocycles. The van der Waals surface area contributed by atoms with E-state index in [1.807, 2.05) is 0 Å². The summed E-state index contributed by atoms with van der Waals surface area (Å²) in [5, 5.41) is 9.83. The second kappa shape index (κ2) is 8.03. The summed E-state index contributed by atoms with van der Waals surface area (Å²) in [6.45, 7) is 2.73. The quantitative estimate of drug-likeness (QED) is 0.818. The van der Waals surface area contributed by atoms with Crippen molar-refractivity contribution in [1.82, 2.24) is 0 Å². The van der Waals surface area contributed by atoms with E-state index in [-0.39, 0.29) is 6.61 Å². The largest absolute Gasteiger partial charge is 0.493 e. The van der Waals surface area contributed by atoms with Gasteiger partial charge in [0.1, 0.15) is 5.75 Å². The van der Waals surface area contributed by atoms with E-state index in [2.05, 4.69) is 0 Å². The van der Waals surface area contributed by atoms with Gasteiger partial charge in [-0.05, 0) is 43.4 Å². The van der Waals surface area contributed by atoms with E-state index < -0.39 is 12.1 Å². The molecule has 0 amide bonds. The fourth-order valence-electron chi connectivity index (χ4n) is 2.67. The minimum Gasteiger partial charge on any atom is -0.493 e. The second-order valence-electron chi connectivity index (χ2n) is 5.54. The topological polar surface area (TPSA) is 55.8 Å². The van der Waals surface area contributed by atoms with Gasteiger partial charge in [0.2, 0.25) is 0 Å². The summed E-state index contributed by atoms with van der Waals surface area (Å²) in [5.41, 5.74) is 0.526. The molecule has 4 nitrogen and oxygen atoms in total. The highest BCUT2D eigenvalue weighted by molar-refractivity contribution is 5.76. The number of benzene rings is 1. The Bertz CT molecular complexity index is 435. The molecule has 0 spiro atoms. The van der Waals surface area contributed by atoms with Crippen LogP contribution in [-0.2, 0) is 9.53 Å². The van der Waals surface area contributed by atoms with Crippen LogP contribution in [0.4, 0.5) is 0 Å². The third-order valence-electron chi connectivity index (χ3n) is 3.92. The maximum atomic E-state index is 11.5. The summed E-state index contributed by atoms with van der Waals surface area (Å²) in [4.78, 5) is 11.5. The van der Waals surface area contributed by atoms with Gasteiger partial charge in [0, 0.05) is 0 Å². The Morgan fingerprint density at radius 1 is 1.24 bits per heavy atom. The van der Waals surface area contributed by atoms with Gasteiger partial charge in [-0.3, -0.25) is 0 Å². The van der Waals surface area contributed by atoms with Crippen molar-refractivity contribution in [2.75, 3.05) is 13.2 Å². The van der Waals surface area contributed by atoms with Gasteiger partial charge in [-0.15, -0.1) is 0 Å². The number of carbonyl (C=O) groups excluding carboxylic acids is 1. The number of esters is 1. The van der Waals surface area contributed by atoms with Gasteiger partial charge in [0.15, 0.2) is 6.10 Å². The first kappa shape index (κ1) is 15.8. The molecule has 21 heavy (non-hydrogen) atoms. The maximum absolute atomic E-state index is 11.5. The lowest BCUT2D eigenvalue weighted by Gasteiger charge is -2.21. The predicted octanol–water partition coefficient (Wildman–Crippen LogP) is 3.24. The summed E-state index contributed by atoms with van der Waals surface area (Å²) in [6, 6.07) is 7.00. The number of hydrogen-bond acceptors (Lipinski definition) is 4. The van der Waals surface area contributed by atoms with Gasteiger partial charge in [0.05, 0.1) is 13.2 Å². The molecule has 0 saturated heterocycles. The Morgan fingerprint density at radius 2 is 1.90 bits per heavy atom. The van der Waals surface area contributed by atoms with Crippen LogP contribution < -0.4 is 4.74 Å². The summed E-state index contributed by atoms with van der Waals surface area (Å²) in [5.74, 6) is 0.817. The standard InChI is InChI=1S/C17H24O4/c1-2-20-17(19)16(18)14-8-10-15(11-9-14)21-12-13-6-4-3-5-7-13/h8-11,13,16,18H,2-7,12H2,1H3. The zero-order chi connectivity index (χ0) is 15.1. The molecule has 1 aliphatic carbocycles. The van der Waals surface area contributed by atoms with E-state index in [0.29, 0.717) is 11.5 Å². The number of hydrogen-bond donors (Lipinski definition) is 1. The maximum Gasteiger partial charge on any atom is 0.339 e. The smallest absolute Gasteiger partial charge is 0.339 e. The van der Waals surface area contributed by atoms with Gasteiger partial charge in [-0.25, -0.2) is 4.79 Å². The third-order valence-corrected chi connectivity index (χ3v) is 3.92. The lowest BCUT2D eigenvalue weighted by molar-refractivity contribution is -0.153. The summed E-state index contributed by atoms with van der Waals surface area (Å²) >= 11 is 0. The Hall–Kier alpha value is -1.55. The zero-order valence-corrected chi connectivity index (χ0v) is 12.6. The van der Waals surface area contributed by atoms with Crippen LogP contribution in [0, 0.1) is 5.92 Å². The zero-order valence-electron chi connectivity index (χ0n) is 12.6. The van der Waals surface area contributed by atoms with Gasteiger partial charge in [0.25, 0.3) is 0 Å². The fraction of sp³-hybridized carbons (Fsp3) is 0.588. The summed E-state index contributed by atoms with van der Waals surface area (Å²) < 4.78 is 10.6. The first-order valence-corrected chi connectivity index (χ1v) is 7.78. The lowest BCUT2D eigenvalue weighted by atomic mass is 9.90. The molecule has 2 rings (SSSR count). The molecule has 1 N–H and O–H groups in total. The first-order valence-electron chi connectivity index (χ1n) is 7.78. The molecule has 0 heterocycles. The van der Waals surface area contributed by atoms with Crippen molar-refractivity contribution >= 4 is 5.97 Å². The van der Waals surface area contributed by atoms with Crippen LogP contribution in [0.5, 0.6) is 5.75 Å². The van der Waals surface area contributed by atoms with Crippen molar-refractivity contribution in [3.05, 3.63) is 29.8 Å². The normalized spacial score (nSPS) is 17.2. The summed E-state index contributed by atoms with van der Waals surface area (Å²) in [6.07, 6.45) is 5.23. The van der Waals surface area contributed by atoms with E-state index in [1.54, 1.807) is 31.2 Å². The molecule has 4 heteroatoms. The molecule has 1 aromatic rings. The average molecular weight is 292 g/mol. The van der Waals surface area contributed by atoms with E-state index >= 15 is 0 Å². The Morgan fingerprint density at radius 3 is 2.52 bits per heavy atom. The molecular formula is C17H24O4. The highest BCUT2D eigenvalue weighted by Crippen LogP contribution is 2.25. The third kappa shape index (κ3) is 4.74. The molecule has 0 aromatic heterocycles. The van der Waals surface area contributed by atoms with Crippen LogP contribution in [0.25, 0.3) is 0 Å². The molecule has 0 bridgehead atoms. The second-order valence-corrected chi connectivity index (χ2v) is 5.54. The molecule has 0 radical (unpaired) electrons.